The number of thioether (sulfide) groups is 1. The first-order valence-corrected chi connectivity index (χ1v) is 18.4. The number of ether oxygens (including phenoxy) is 1. The predicted octanol–water partition coefficient (Wildman–Crippen LogP) is 8.59. The standard InChI is InChI=1S/C38H38BrN3O5S2/c1-38(2,3)25-16-17-29-31(20-25)49-36(33(29)37(46)47-4)42-32(43)22-48-28-15-9-14-27(21-28)40-35(45)30(19-23-10-8-13-26(39)18-23)41-34(44)24-11-6-5-7-12-24/h5-15,18-19,21,25H,16-17,20,22H2,1-4H3,(H,40,45)(H,41,44)(H,42,43)/b30-19+. The van der Waals surface area contributed by atoms with Crippen molar-refractivity contribution in [1.82, 2.24) is 5.32 Å². The van der Waals surface area contributed by atoms with Crippen LogP contribution in [-0.4, -0.2) is 36.6 Å². The van der Waals surface area contributed by atoms with Crippen LogP contribution in [0.1, 0.15) is 63.9 Å². The van der Waals surface area contributed by atoms with E-state index in [0.29, 0.717) is 27.7 Å². The summed E-state index contributed by atoms with van der Waals surface area (Å²) < 4.78 is 5.93. The molecule has 49 heavy (non-hydrogen) atoms. The van der Waals surface area contributed by atoms with E-state index in [2.05, 4.69) is 52.7 Å². The highest BCUT2D eigenvalue weighted by atomic mass is 79.9. The fourth-order valence-corrected chi connectivity index (χ4v) is 8.11. The molecule has 0 aliphatic heterocycles. The van der Waals surface area contributed by atoms with Gasteiger partial charge in [0, 0.05) is 25.5 Å². The van der Waals surface area contributed by atoms with Crippen LogP contribution in [0.2, 0.25) is 0 Å². The number of fused-ring (bicyclic) bond motifs is 1. The van der Waals surface area contributed by atoms with E-state index in [4.69, 9.17) is 4.74 Å². The van der Waals surface area contributed by atoms with E-state index >= 15 is 0 Å². The van der Waals surface area contributed by atoms with Crippen LogP contribution in [0, 0.1) is 11.3 Å². The summed E-state index contributed by atoms with van der Waals surface area (Å²) in [6.07, 6.45) is 4.23. The van der Waals surface area contributed by atoms with Crippen molar-refractivity contribution in [2.24, 2.45) is 11.3 Å². The largest absolute Gasteiger partial charge is 0.465 e. The summed E-state index contributed by atoms with van der Waals surface area (Å²) in [5.74, 6) is -1.03. The maximum Gasteiger partial charge on any atom is 0.341 e. The highest BCUT2D eigenvalue weighted by Gasteiger charge is 2.34. The molecule has 0 saturated heterocycles. The molecule has 1 aliphatic rings. The molecule has 0 fully saturated rings. The van der Waals surface area contributed by atoms with E-state index in [0.717, 1.165) is 44.6 Å². The molecule has 3 amide bonds. The molecule has 5 rings (SSSR count). The first kappa shape index (κ1) is 36.1. The van der Waals surface area contributed by atoms with Gasteiger partial charge in [0.15, 0.2) is 0 Å². The third-order valence-electron chi connectivity index (χ3n) is 8.28. The zero-order valence-electron chi connectivity index (χ0n) is 27.7. The van der Waals surface area contributed by atoms with Crippen LogP contribution in [0.5, 0.6) is 0 Å². The van der Waals surface area contributed by atoms with Crippen molar-refractivity contribution >= 4 is 79.5 Å². The number of carbonyl (C=O) groups excluding carboxylic acids is 4. The maximum atomic E-state index is 13.5. The predicted molar refractivity (Wildman–Crippen MR) is 201 cm³/mol. The van der Waals surface area contributed by atoms with Crippen molar-refractivity contribution in [3.05, 3.63) is 116 Å². The number of halogens is 1. The van der Waals surface area contributed by atoms with Crippen molar-refractivity contribution in [3.8, 4) is 0 Å². The van der Waals surface area contributed by atoms with E-state index in [1.165, 1.54) is 30.2 Å². The van der Waals surface area contributed by atoms with Crippen molar-refractivity contribution < 1.29 is 23.9 Å². The van der Waals surface area contributed by atoms with Gasteiger partial charge >= 0.3 is 5.97 Å². The Bertz CT molecular complexity index is 1900. The highest BCUT2D eigenvalue weighted by molar-refractivity contribution is 9.10. The molecule has 4 aromatic rings. The number of hydrogen-bond donors (Lipinski definition) is 3. The Hall–Kier alpha value is -4.19. The summed E-state index contributed by atoms with van der Waals surface area (Å²) >= 11 is 6.22. The van der Waals surface area contributed by atoms with Gasteiger partial charge in [-0.3, -0.25) is 14.4 Å². The van der Waals surface area contributed by atoms with Gasteiger partial charge < -0.3 is 20.7 Å². The first-order valence-electron chi connectivity index (χ1n) is 15.8. The van der Waals surface area contributed by atoms with Gasteiger partial charge in [-0.2, -0.15) is 0 Å². The molecule has 3 aromatic carbocycles. The molecular weight excluding hydrogens is 722 g/mol. The number of carbonyl (C=O) groups is 4. The highest BCUT2D eigenvalue weighted by Crippen LogP contribution is 2.44. The number of nitrogens with one attached hydrogen (secondary N) is 3. The Morgan fingerprint density at radius 3 is 2.45 bits per heavy atom. The molecule has 1 unspecified atom stereocenters. The molecule has 254 valence electrons. The van der Waals surface area contributed by atoms with Crippen molar-refractivity contribution in [2.75, 3.05) is 23.5 Å². The molecule has 0 saturated carbocycles. The normalized spacial score (nSPS) is 14.4. The van der Waals surface area contributed by atoms with Crippen LogP contribution in [0.25, 0.3) is 6.08 Å². The van der Waals surface area contributed by atoms with Gasteiger partial charge in [0.2, 0.25) is 5.91 Å². The maximum absolute atomic E-state index is 13.5. The quantitative estimate of drug-likeness (QED) is 0.0849. The molecule has 0 bridgehead atoms. The molecule has 1 heterocycles. The molecule has 8 nitrogen and oxygen atoms in total. The van der Waals surface area contributed by atoms with Gasteiger partial charge in [0.1, 0.15) is 10.7 Å². The Morgan fingerprint density at radius 2 is 1.73 bits per heavy atom. The Labute approximate surface area is 303 Å². The van der Waals surface area contributed by atoms with E-state index < -0.39 is 17.8 Å². The zero-order valence-corrected chi connectivity index (χ0v) is 30.9. The first-order chi connectivity index (χ1) is 23.4. The van der Waals surface area contributed by atoms with Crippen molar-refractivity contribution in [2.45, 2.75) is 44.9 Å². The van der Waals surface area contributed by atoms with Gasteiger partial charge in [-0.25, -0.2) is 4.79 Å². The van der Waals surface area contributed by atoms with E-state index in [1.807, 2.05) is 36.4 Å². The van der Waals surface area contributed by atoms with Gasteiger partial charge in [-0.05, 0) is 90.3 Å². The lowest BCUT2D eigenvalue weighted by molar-refractivity contribution is -0.114. The van der Waals surface area contributed by atoms with Crippen molar-refractivity contribution in [1.29, 1.82) is 0 Å². The lowest BCUT2D eigenvalue weighted by atomic mass is 9.72. The Balaban J connectivity index is 1.27. The van der Waals surface area contributed by atoms with Crippen LogP contribution < -0.4 is 16.0 Å². The zero-order chi connectivity index (χ0) is 35.1. The molecule has 11 heteroatoms. The lowest BCUT2D eigenvalue weighted by Crippen LogP contribution is -2.30. The molecule has 1 aliphatic carbocycles. The van der Waals surface area contributed by atoms with E-state index in [1.54, 1.807) is 48.5 Å². The van der Waals surface area contributed by atoms with Gasteiger partial charge in [0.25, 0.3) is 11.8 Å². The summed E-state index contributed by atoms with van der Waals surface area (Å²) in [4.78, 5) is 54.3. The second-order valence-corrected chi connectivity index (χ2v) is 15.8. The van der Waals surface area contributed by atoms with Crippen LogP contribution in [-0.2, 0) is 27.2 Å². The topological polar surface area (TPSA) is 114 Å². The second kappa shape index (κ2) is 16.0. The average molecular weight is 761 g/mol. The number of methoxy groups -OCH3 is 1. The van der Waals surface area contributed by atoms with E-state index in [-0.39, 0.29) is 22.8 Å². The number of rotatable bonds is 10. The SMILES string of the molecule is COC(=O)c1c(NC(=O)CSc2cccc(NC(=O)/C(=C\c3cccc(Br)c3)NC(=O)c3ccccc3)c2)sc2c1CCC(C(C)(C)C)C2. The Morgan fingerprint density at radius 1 is 0.980 bits per heavy atom. The van der Waals surface area contributed by atoms with Crippen LogP contribution in [0.15, 0.2) is 93.9 Å². The monoisotopic (exact) mass is 759 g/mol. The van der Waals surface area contributed by atoms with Gasteiger partial charge in [-0.1, -0.05) is 73.1 Å². The average Bonchev–Trinajstić information content (AvgIpc) is 3.44. The lowest BCUT2D eigenvalue weighted by Gasteiger charge is -2.33. The molecule has 0 radical (unpaired) electrons. The number of benzene rings is 3. The fraction of sp³-hybridized carbons (Fsp3) is 0.263. The number of anilines is 2. The van der Waals surface area contributed by atoms with Crippen molar-refractivity contribution in [3.63, 3.8) is 0 Å². The fourth-order valence-electron chi connectivity index (χ4n) is 5.61. The summed E-state index contributed by atoms with van der Waals surface area (Å²) in [7, 11) is 1.36. The van der Waals surface area contributed by atoms with Crippen LogP contribution in [0.3, 0.4) is 0 Å². The smallest absolute Gasteiger partial charge is 0.341 e. The molecular formula is C38H38BrN3O5S2. The number of hydrogen-bond acceptors (Lipinski definition) is 7. The van der Waals surface area contributed by atoms with Gasteiger partial charge in [0.05, 0.1) is 18.4 Å². The van der Waals surface area contributed by atoms with Crippen LogP contribution >= 0.6 is 39.0 Å². The summed E-state index contributed by atoms with van der Waals surface area (Å²) in [6.45, 7) is 6.71. The Kier molecular flexibility index (Phi) is 11.8. The third-order valence-corrected chi connectivity index (χ3v) is 10.9. The minimum Gasteiger partial charge on any atom is -0.465 e. The summed E-state index contributed by atoms with van der Waals surface area (Å²) in [6, 6.07) is 23.2. The van der Waals surface area contributed by atoms with E-state index in [9.17, 15) is 19.2 Å². The number of esters is 1. The summed E-state index contributed by atoms with van der Waals surface area (Å²) in [5, 5.41) is 9.11. The molecule has 0 spiro atoms. The van der Waals surface area contributed by atoms with Gasteiger partial charge in [-0.15, -0.1) is 23.1 Å². The molecule has 1 aromatic heterocycles. The minimum atomic E-state index is -0.505. The molecule has 3 N–H and O–H groups in total. The minimum absolute atomic E-state index is 0.0678. The summed E-state index contributed by atoms with van der Waals surface area (Å²) in [5.41, 5.74) is 3.30. The third kappa shape index (κ3) is 9.49. The number of thiophene rings is 1. The van der Waals surface area contributed by atoms with Crippen LogP contribution in [0.4, 0.5) is 10.7 Å². The second-order valence-electron chi connectivity index (χ2n) is 12.8. The molecule has 1 atom stereocenters. The number of amides is 3.